The van der Waals surface area contributed by atoms with E-state index >= 15 is 0 Å². The zero-order chi connectivity index (χ0) is 21.3. The number of sulfonamides is 1. The fraction of sp³-hybridized carbons (Fsp3) is 0.429. The molecule has 3 N–H and O–H groups in total. The van der Waals surface area contributed by atoms with Gasteiger partial charge in [0.2, 0.25) is 14.4 Å². The quantitative estimate of drug-likeness (QED) is 0.572. The van der Waals surface area contributed by atoms with Gasteiger partial charge in [-0.25, -0.2) is 13.2 Å². The third kappa shape index (κ3) is 4.69. The van der Waals surface area contributed by atoms with Crippen LogP contribution >= 0.6 is 23.2 Å². The number of halogens is 5. The average Bonchev–Trinajstić information content (AvgIpc) is 2.84. The highest BCUT2D eigenvalue weighted by Crippen LogP contribution is 2.45. The number of aliphatic carboxylic acids is 1. The van der Waals surface area contributed by atoms with Crippen molar-refractivity contribution in [1.29, 1.82) is 0 Å². The normalized spacial score (nSPS) is 19.2. The van der Waals surface area contributed by atoms with Crippen LogP contribution in [0.2, 0.25) is 0 Å². The van der Waals surface area contributed by atoms with E-state index in [2.05, 4.69) is 10.6 Å². The molecular formula is C14H14Cl2F3N3O5S. The van der Waals surface area contributed by atoms with Gasteiger partial charge in [0.25, 0.3) is 5.91 Å². The molecule has 2 aliphatic heterocycles. The number of hydrogen-bond donors (Lipinski definition) is 3. The van der Waals surface area contributed by atoms with E-state index in [1.165, 1.54) is 22.5 Å². The van der Waals surface area contributed by atoms with E-state index in [0.717, 1.165) is 0 Å². The molecule has 0 aromatic heterocycles. The highest BCUT2D eigenvalue weighted by Gasteiger charge is 2.44. The van der Waals surface area contributed by atoms with Gasteiger partial charge in [0.05, 0.1) is 4.90 Å². The summed E-state index contributed by atoms with van der Waals surface area (Å²) in [6, 6.07) is 4.32. The van der Waals surface area contributed by atoms with Crippen LogP contribution in [0.25, 0.3) is 0 Å². The highest BCUT2D eigenvalue weighted by atomic mass is 35.5. The van der Waals surface area contributed by atoms with Crippen LogP contribution in [-0.2, 0) is 23.9 Å². The number of nitrogens with zero attached hydrogens (tertiary/aromatic N) is 1. The molecule has 0 bridgehead atoms. The number of anilines is 1. The molecule has 1 saturated heterocycles. The maximum atomic E-state index is 12.6. The van der Waals surface area contributed by atoms with Gasteiger partial charge in [-0.15, -0.1) is 0 Å². The third-order valence-electron chi connectivity index (χ3n) is 3.82. The predicted molar refractivity (Wildman–Crippen MR) is 93.8 cm³/mol. The summed E-state index contributed by atoms with van der Waals surface area (Å²) in [5.41, 5.74) is 0.705. The predicted octanol–water partition coefficient (Wildman–Crippen LogP) is 1.50. The Kier molecular flexibility index (Phi) is 6.50. The molecule has 0 radical (unpaired) electrons. The Labute approximate surface area is 167 Å². The number of fused-ring (bicyclic) bond motifs is 1. The van der Waals surface area contributed by atoms with E-state index in [9.17, 15) is 26.4 Å². The Balaban J connectivity index is 0.000000345. The van der Waals surface area contributed by atoms with Crippen LogP contribution in [0.1, 0.15) is 5.56 Å². The van der Waals surface area contributed by atoms with Gasteiger partial charge in [0, 0.05) is 37.4 Å². The number of piperazine rings is 1. The van der Waals surface area contributed by atoms with Crippen molar-refractivity contribution in [2.45, 2.75) is 15.4 Å². The van der Waals surface area contributed by atoms with Crippen molar-refractivity contribution in [2.24, 2.45) is 0 Å². The molecule has 0 atom stereocenters. The first-order valence-corrected chi connectivity index (χ1v) is 9.82. The molecule has 0 unspecified atom stereocenters. The summed E-state index contributed by atoms with van der Waals surface area (Å²) in [6.45, 7) is 2.03. The van der Waals surface area contributed by atoms with Crippen molar-refractivity contribution in [2.75, 3.05) is 31.5 Å². The summed E-state index contributed by atoms with van der Waals surface area (Å²) in [5.74, 6) is -3.33. The first kappa shape index (κ1) is 22.7. The molecule has 1 aromatic rings. The number of rotatable bonds is 2. The maximum absolute atomic E-state index is 12.6. The smallest absolute Gasteiger partial charge is 0.475 e. The van der Waals surface area contributed by atoms with Gasteiger partial charge in [-0.1, -0.05) is 23.2 Å². The van der Waals surface area contributed by atoms with Crippen molar-refractivity contribution in [1.82, 2.24) is 9.62 Å². The zero-order valence-electron chi connectivity index (χ0n) is 13.9. The monoisotopic (exact) mass is 463 g/mol. The first-order valence-electron chi connectivity index (χ1n) is 7.62. The molecule has 1 amide bonds. The molecule has 8 nitrogen and oxygen atoms in total. The Morgan fingerprint density at radius 3 is 2.25 bits per heavy atom. The number of hydrogen-bond acceptors (Lipinski definition) is 5. The van der Waals surface area contributed by atoms with E-state index in [1.807, 2.05) is 0 Å². The average molecular weight is 464 g/mol. The summed E-state index contributed by atoms with van der Waals surface area (Å²) < 4.78 is 56.6. The fourth-order valence-electron chi connectivity index (χ4n) is 2.41. The largest absolute Gasteiger partial charge is 0.490 e. The molecule has 2 heterocycles. The van der Waals surface area contributed by atoms with Crippen molar-refractivity contribution in [3.05, 3.63) is 23.8 Å². The zero-order valence-corrected chi connectivity index (χ0v) is 16.2. The second-order valence-electron chi connectivity index (χ2n) is 5.69. The molecule has 156 valence electrons. The number of amides is 1. The summed E-state index contributed by atoms with van der Waals surface area (Å²) in [7, 11) is -3.61. The minimum absolute atomic E-state index is 0.0883. The Morgan fingerprint density at radius 1 is 1.21 bits per heavy atom. The van der Waals surface area contributed by atoms with Gasteiger partial charge in [0.1, 0.15) is 0 Å². The lowest BCUT2D eigenvalue weighted by Crippen LogP contribution is -2.46. The van der Waals surface area contributed by atoms with Crippen LogP contribution < -0.4 is 10.6 Å². The topological polar surface area (TPSA) is 116 Å². The fourth-order valence-corrected chi connectivity index (χ4v) is 4.28. The SMILES string of the molecule is O=C(O)C(F)(F)F.O=C1Nc2ccc(S(=O)(=O)N3CCNCC3)cc2C1(Cl)Cl. The summed E-state index contributed by atoms with van der Waals surface area (Å²) in [5, 5.41) is 12.7. The summed E-state index contributed by atoms with van der Waals surface area (Å²) in [4.78, 5) is 20.7. The van der Waals surface area contributed by atoms with Crippen molar-refractivity contribution < 1.29 is 36.3 Å². The van der Waals surface area contributed by atoms with Gasteiger partial charge in [0.15, 0.2) is 0 Å². The standard InChI is InChI=1S/C12H13Cl2N3O3S.C2HF3O2/c13-12(14)9-7-8(1-2-10(9)16-11(12)18)21(19,20)17-5-3-15-4-6-17;3-2(4,5)1(6)7/h1-2,7,15H,3-6H2,(H,16,18);(H,6,7). The number of carboxylic acid groups (broad SMARTS) is 1. The molecule has 0 spiro atoms. The van der Waals surface area contributed by atoms with Crippen molar-refractivity contribution in [3.8, 4) is 0 Å². The number of alkyl halides is 5. The third-order valence-corrected chi connectivity index (χ3v) is 6.46. The molecule has 2 aliphatic rings. The van der Waals surface area contributed by atoms with Crippen molar-refractivity contribution >= 4 is 50.8 Å². The summed E-state index contributed by atoms with van der Waals surface area (Å²) >= 11 is 12.0. The van der Waals surface area contributed by atoms with Crippen LogP contribution in [0.4, 0.5) is 18.9 Å². The summed E-state index contributed by atoms with van der Waals surface area (Å²) in [6.07, 6.45) is -5.08. The van der Waals surface area contributed by atoms with Crippen LogP contribution in [-0.4, -0.2) is 62.1 Å². The van der Waals surface area contributed by atoms with Crippen LogP contribution in [0.15, 0.2) is 23.1 Å². The van der Waals surface area contributed by atoms with Gasteiger partial charge in [-0.05, 0) is 18.2 Å². The van der Waals surface area contributed by atoms with E-state index in [1.54, 1.807) is 0 Å². The van der Waals surface area contributed by atoms with E-state index in [-0.39, 0.29) is 10.5 Å². The number of carbonyl (C=O) groups excluding carboxylic acids is 1. The van der Waals surface area contributed by atoms with E-state index in [0.29, 0.717) is 31.9 Å². The minimum atomic E-state index is -5.08. The molecule has 0 aliphatic carbocycles. The first-order chi connectivity index (χ1) is 12.8. The molecule has 1 aromatic carbocycles. The molecule has 28 heavy (non-hydrogen) atoms. The van der Waals surface area contributed by atoms with Gasteiger partial charge < -0.3 is 15.7 Å². The Morgan fingerprint density at radius 2 is 1.75 bits per heavy atom. The number of nitrogens with one attached hydrogen (secondary N) is 2. The molecular weight excluding hydrogens is 450 g/mol. The number of carbonyl (C=O) groups is 2. The van der Waals surface area contributed by atoms with Crippen LogP contribution in [0, 0.1) is 0 Å². The highest BCUT2D eigenvalue weighted by molar-refractivity contribution is 7.89. The number of benzene rings is 1. The Hall–Kier alpha value is -1.60. The van der Waals surface area contributed by atoms with Gasteiger partial charge in [-0.3, -0.25) is 4.79 Å². The second-order valence-corrected chi connectivity index (χ2v) is 8.96. The lowest BCUT2D eigenvalue weighted by atomic mass is 10.1. The lowest BCUT2D eigenvalue weighted by molar-refractivity contribution is -0.192. The van der Waals surface area contributed by atoms with Gasteiger partial charge >= 0.3 is 12.1 Å². The van der Waals surface area contributed by atoms with Gasteiger partial charge in [-0.2, -0.15) is 17.5 Å². The van der Waals surface area contributed by atoms with E-state index < -0.39 is 32.4 Å². The number of carboxylic acids is 1. The molecule has 0 saturated carbocycles. The van der Waals surface area contributed by atoms with Crippen LogP contribution in [0.5, 0.6) is 0 Å². The van der Waals surface area contributed by atoms with E-state index in [4.69, 9.17) is 33.1 Å². The maximum Gasteiger partial charge on any atom is 0.490 e. The molecule has 14 heteroatoms. The van der Waals surface area contributed by atoms with Crippen LogP contribution in [0.3, 0.4) is 0 Å². The lowest BCUT2D eigenvalue weighted by Gasteiger charge is -2.26. The minimum Gasteiger partial charge on any atom is -0.475 e. The molecule has 3 rings (SSSR count). The second kappa shape index (κ2) is 8.03. The Bertz CT molecular complexity index is 887. The molecule has 1 fully saturated rings. The van der Waals surface area contributed by atoms with Crippen molar-refractivity contribution in [3.63, 3.8) is 0 Å².